The number of para-hydroxylation sites is 1. The number of carboxylic acids is 1. The van der Waals surface area contributed by atoms with Crippen LogP contribution in [0.25, 0.3) is 0 Å². The number of aromatic amines is 2. The monoisotopic (exact) mass is 306 g/mol. The van der Waals surface area contributed by atoms with E-state index in [2.05, 4.69) is 32.7 Å². The maximum absolute atomic E-state index is 11.6. The number of anilines is 1. The zero-order valence-electron chi connectivity index (χ0n) is 10.5. The van der Waals surface area contributed by atoms with E-state index in [0.717, 1.165) is 6.21 Å². The first-order chi connectivity index (χ1) is 9.99. The molecule has 21 heavy (non-hydrogen) atoms. The van der Waals surface area contributed by atoms with Crippen LogP contribution in [0, 0.1) is 4.77 Å². The van der Waals surface area contributed by atoms with Gasteiger partial charge in [-0.15, -0.1) is 0 Å². The molecule has 0 saturated heterocycles. The van der Waals surface area contributed by atoms with Crippen molar-refractivity contribution in [1.82, 2.24) is 9.97 Å². The molecule has 0 amide bonds. The van der Waals surface area contributed by atoms with Crippen LogP contribution < -0.4 is 11.0 Å². The molecule has 0 saturated carbocycles. The van der Waals surface area contributed by atoms with Crippen molar-refractivity contribution in [3.63, 3.8) is 0 Å². The lowest BCUT2D eigenvalue weighted by Gasteiger charge is -2.04. The second kappa shape index (κ2) is 6.01. The van der Waals surface area contributed by atoms with Crippen LogP contribution in [-0.4, -0.2) is 32.4 Å². The molecule has 8 nitrogen and oxygen atoms in total. The van der Waals surface area contributed by atoms with Crippen LogP contribution in [0.5, 0.6) is 5.88 Å². The Labute approximate surface area is 122 Å². The first-order valence-electron chi connectivity index (χ1n) is 5.66. The van der Waals surface area contributed by atoms with Gasteiger partial charge in [0.2, 0.25) is 5.88 Å². The van der Waals surface area contributed by atoms with Crippen LogP contribution in [0.4, 0.5) is 5.69 Å². The number of aromatic nitrogens is 2. The lowest BCUT2D eigenvalue weighted by atomic mass is 10.2. The van der Waals surface area contributed by atoms with Gasteiger partial charge in [0.25, 0.3) is 5.56 Å². The molecule has 0 fully saturated rings. The van der Waals surface area contributed by atoms with Gasteiger partial charge < -0.3 is 15.2 Å². The van der Waals surface area contributed by atoms with E-state index in [4.69, 9.17) is 5.11 Å². The van der Waals surface area contributed by atoms with E-state index in [1.54, 1.807) is 12.1 Å². The van der Waals surface area contributed by atoms with Gasteiger partial charge in [0.15, 0.2) is 4.77 Å². The number of hydrogen-bond acceptors (Lipinski definition) is 6. The molecule has 0 atom stereocenters. The van der Waals surface area contributed by atoms with E-state index in [1.165, 1.54) is 12.1 Å². The summed E-state index contributed by atoms with van der Waals surface area (Å²) < 4.78 is -0.0150. The number of aromatic carboxylic acids is 1. The smallest absolute Gasteiger partial charge is 0.337 e. The molecular formula is C12H10N4O4S. The highest BCUT2D eigenvalue weighted by molar-refractivity contribution is 7.71. The fraction of sp³-hybridized carbons (Fsp3) is 0. The molecule has 1 heterocycles. The van der Waals surface area contributed by atoms with E-state index >= 15 is 0 Å². The maximum Gasteiger partial charge on any atom is 0.337 e. The Bertz CT molecular complexity index is 824. The van der Waals surface area contributed by atoms with Crippen molar-refractivity contribution in [2.45, 2.75) is 0 Å². The van der Waals surface area contributed by atoms with Crippen LogP contribution in [0.15, 0.2) is 34.2 Å². The summed E-state index contributed by atoms with van der Waals surface area (Å²) in [7, 11) is 0. The van der Waals surface area contributed by atoms with Gasteiger partial charge in [0.1, 0.15) is 5.56 Å². The number of aromatic hydroxyl groups is 1. The zero-order chi connectivity index (χ0) is 15.4. The van der Waals surface area contributed by atoms with E-state index in [-0.39, 0.29) is 21.6 Å². The lowest BCUT2D eigenvalue weighted by Crippen LogP contribution is -2.14. The van der Waals surface area contributed by atoms with Gasteiger partial charge in [0, 0.05) is 0 Å². The number of hydrogen-bond donors (Lipinski definition) is 5. The third-order valence-corrected chi connectivity index (χ3v) is 2.70. The van der Waals surface area contributed by atoms with E-state index in [1.807, 2.05) is 0 Å². The van der Waals surface area contributed by atoms with Crippen molar-refractivity contribution in [2.24, 2.45) is 5.10 Å². The fourth-order valence-electron chi connectivity index (χ4n) is 1.54. The Balaban J connectivity index is 2.27. The summed E-state index contributed by atoms with van der Waals surface area (Å²) in [6, 6.07) is 6.13. The minimum atomic E-state index is -1.11. The molecular weight excluding hydrogens is 296 g/mol. The fourth-order valence-corrected chi connectivity index (χ4v) is 1.73. The number of benzene rings is 1. The molecule has 2 aromatic rings. The van der Waals surface area contributed by atoms with Crippen LogP contribution in [0.3, 0.4) is 0 Å². The number of rotatable bonds is 4. The molecule has 0 unspecified atom stereocenters. The van der Waals surface area contributed by atoms with Gasteiger partial charge in [0.05, 0.1) is 17.5 Å². The molecule has 0 aliphatic carbocycles. The van der Waals surface area contributed by atoms with Gasteiger partial charge in [-0.2, -0.15) is 5.10 Å². The van der Waals surface area contributed by atoms with Crippen LogP contribution in [0.1, 0.15) is 15.9 Å². The van der Waals surface area contributed by atoms with Crippen molar-refractivity contribution in [2.75, 3.05) is 5.43 Å². The first kappa shape index (κ1) is 14.5. The number of H-pyrrole nitrogens is 2. The number of carbonyl (C=O) groups is 1. The molecule has 0 aliphatic heterocycles. The summed E-state index contributed by atoms with van der Waals surface area (Å²) in [5.41, 5.74) is 2.02. The van der Waals surface area contributed by atoms with Crippen molar-refractivity contribution >= 4 is 30.1 Å². The maximum atomic E-state index is 11.6. The predicted molar refractivity (Wildman–Crippen MR) is 78.5 cm³/mol. The van der Waals surface area contributed by atoms with Gasteiger partial charge >= 0.3 is 5.97 Å². The second-order valence-corrected chi connectivity index (χ2v) is 4.30. The largest absolute Gasteiger partial charge is 0.494 e. The van der Waals surface area contributed by atoms with Gasteiger partial charge in [-0.1, -0.05) is 12.1 Å². The highest BCUT2D eigenvalue weighted by Crippen LogP contribution is 2.14. The molecule has 2 rings (SSSR count). The summed E-state index contributed by atoms with van der Waals surface area (Å²) in [4.78, 5) is 27.2. The topological polar surface area (TPSA) is 131 Å². The molecule has 5 N–H and O–H groups in total. The molecule has 0 spiro atoms. The van der Waals surface area contributed by atoms with Crippen molar-refractivity contribution in [3.05, 3.63) is 50.5 Å². The number of nitrogens with zero attached hydrogens (tertiary/aromatic N) is 1. The first-order valence-corrected chi connectivity index (χ1v) is 6.07. The average Bonchev–Trinajstić information content (AvgIpc) is 2.42. The van der Waals surface area contributed by atoms with Crippen molar-refractivity contribution in [1.29, 1.82) is 0 Å². The van der Waals surface area contributed by atoms with Crippen molar-refractivity contribution in [3.8, 4) is 5.88 Å². The molecule has 1 aromatic heterocycles. The standard InChI is InChI=1S/C12H10N4O4S/c17-9-7(10(18)15-12(21)14-9)5-13-16-8-4-2-1-3-6(8)11(19)20/h1-5,16H,(H,19,20)(H3,14,15,17,18,21)/b13-5-. The minimum absolute atomic E-state index is 0.0150. The highest BCUT2D eigenvalue weighted by atomic mass is 32.1. The number of hydrazone groups is 1. The van der Waals surface area contributed by atoms with E-state index < -0.39 is 17.4 Å². The quantitative estimate of drug-likeness (QED) is 0.328. The van der Waals surface area contributed by atoms with E-state index in [9.17, 15) is 14.7 Å². The third kappa shape index (κ3) is 3.34. The Morgan fingerprint density at radius 3 is 2.71 bits per heavy atom. The van der Waals surface area contributed by atoms with Gasteiger partial charge in [-0.05, 0) is 24.4 Å². The normalized spacial score (nSPS) is 10.7. The predicted octanol–water partition coefficient (Wildman–Crippen LogP) is 1.28. The average molecular weight is 306 g/mol. The molecule has 0 bridgehead atoms. The Morgan fingerprint density at radius 2 is 2.05 bits per heavy atom. The third-order valence-electron chi connectivity index (χ3n) is 2.49. The summed E-state index contributed by atoms with van der Waals surface area (Å²) in [6.45, 7) is 0. The van der Waals surface area contributed by atoms with Crippen molar-refractivity contribution < 1.29 is 15.0 Å². The van der Waals surface area contributed by atoms with Gasteiger partial charge in [-0.25, -0.2) is 4.79 Å². The summed E-state index contributed by atoms with van der Waals surface area (Å²) in [5, 5.41) is 22.3. The Kier molecular flexibility index (Phi) is 4.14. The number of nitrogens with one attached hydrogen (secondary N) is 3. The zero-order valence-corrected chi connectivity index (χ0v) is 11.3. The SMILES string of the molecule is O=C(O)c1ccccc1N/N=C\c1c(O)[nH]c(=S)[nH]c1=O. The summed E-state index contributed by atoms with van der Waals surface area (Å²) >= 11 is 4.69. The highest BCUT2D eigenvalue weighted by Gasteiger charge is 2.08. The summed E-state index contributed by atoms with van der Waals surface area (Å²) in [5.74, 6) is -1.54. The van der Waals surface area contributed by atoms with Crippen LogP contribution in [0.2, 0.25) is 0 Å². The van der Waals surface area contributed by atoms with E-state index in [0.29, 0.717) is 0 Å². The molecule has 0 radical (unpaired) electrons. The van der Waals surface area contributed by atoms with Crippen LogP contribution in [-0.2, 0) is 0 Å². The van der Waals surface area contributed by atoms with Crippen LogP contribution >= 0.6 is 12.2 Å². The van der Waals surface area contributed by atoms with Gasteiger partial charge in [-0.3, -0.25) is 15.2 Å². The lowest BCUT2D eigenvalue weighted by molar-refractivity contribution is 0.0698. The Hall–Kier alpha value is -2.94. The second-order valence-electron chi connectivity index (χ2n) is 3.89. The molecule has 1 aromatic carbocycles. The minimum Gasteiger partial charge on any atom is -0.494 e. The molecule has 108 valence electrons. The molecule has 9 heteroatoms. The summed E-state index contributed by atoms with van der Waals surface area (Å²) in [6.07, 6.45) is 1.05. The Morgan fingerprint density at radius 1 is 1.33 bits per heavy atom. The number of carboxylic acid groups (broad SMARTS) is 1. The molecule has 0 aliphatic rings.